The quantitative estimate of drug-likeness (QED) is 0.832. The number of aryl methyl sites for hydroxylation is 2. The number of anilines is 1. The van der Waals surface area contributed by atoms with E-state index >= 15 is 0 Å². The van der Waals surface area contributed by atoms with Crippen LogP contribution in [-0.4, -0.2) is 16.0 Å². The highest BCUT2D eigenvalue weighted by molar-refractivity contribution is 7.80. The van der Waals surface area contributed by atoms with Crippen LogP contribution in [0.5, 0.6) is 0 Å². The van der Waals surface area contributed by atoms with Crippen molar-refractivity contribution in [1.29, 1.82) is 0 Å². The number of rotatable bonds is 3. The molecule has 1 atom stereocenters. The molecule has 4 heteroatoms. The van der Waals surface area contributed by atoms with E-state index in [1.807, 2.05) is 19.9 Å². The van der Waals surface area contributed by atoms with E-state index in [1.165, 1.54) is 19.3 Å². The lowest BCUT2D eigenvalue weighted by molar-refractivity contribution is 0.378. The number of aromatic nitrogens is 1. The summed E-state index contributed by atoms with van der Waals surface area (Å²) in [6.07, 6.45) is 3.64. The van der Waals surface area contributed by atoms with E-state index < -0.39 is 0 Å². The molecule has 1 heterocycles. The Kier molecular flexibility index (Phi) is 3.81. The first-order valence-electron chi connectivity index (χ1n) is 6.83. The minimum atomic E-state index is 0.421. The average Bonchev–Trinajstić information content (AvgIpc) is 2.56. The summed E-state index contributed by atoms with van der Waals surface area (Å²) in [6.45, 7) is 8.61. The fraction of sp³-hybridized carbons (Fsp3) is 0.600. The number of hydrogen-bond acceptors (Lipinski definition) is 3. The van der Waals surface area contributed by atoms with Crippen molar-refractivity contribution in [3.8, 4) is 0 Å². The summed E-state index contributed by atoms with van der Waals surface area (Å²) in [6, 6.07) is 2.55. The molecule has 1 aliphatic rings. The molecule has 0 radical (unpaired) electrons. The molecule has 104 valence electrons. The van der Waals surface area contributed by atoms with Crippen LogP contribution in [-0.2, 0) is 0 Å². The number of nitrogens with one attached hydrogen (secondary N) is 1. The van der Waals surface area contributed by atoms with Gasteiger partial charge in [-0.1, -0.05) is 26.1 Å². The van der Waals surface area contributed by atoms with E-state index in [4.69, 9.17) is 18.0 Å². The van der Waals surface area contributed by atoms with Crippen molar-refractivity contribution < 1.29 is 0 Å². The molecule has 1 aliphatic carbocycles. The van der Waals surface area contributed by atoms with E-state index in [0.717, 1.165) is 22.6 Å². The Morgan fingerprint density at radius 3 is 2.68 bits per heavy atom. The summed E-state index contributed by atoms with van der Waals surface area (Å²) < 4.78 is 0. The summed E-state index contributed by atoms with van der Waals surface area (Å²) in [5, 5.41) is 3.62. The van der Waals surface area contributed by atoms with Gasteiger partial charge < -0.3 is 11.1 Å². The number of hydrogen-bond donors (Lipinski definition) is 2. The lowest BCUT2D eigenvalue weighted by Gasteiger charge is -2.21. The molecular weight excluding hydrogens is 254 g/mol. The minimum absolute atomic E-state index is 0.421. The molecule has 0 bridgehead atoms. The van der Waals surface area contributed by atoms with E-state index in [-0.39, 0.29) is 0 Å². The second kappa shape index (κ2) is 5.08. The van der Waals surface area contributed by atoms with E-state index in [2.05, 4.69) is 24.1 Å². The van der Waals surface area contributed by atoms with Gasteiger partial charge in [0.15, 0.2) is 0 Å². The van der Waals surface area contributed by atoms with Gasteiger partial charge in [-0.05, 0) is 44.6 Å². The number of pyridine rings is 1. The smallest absolute Gasteiger partial charge is 0.107 e. The molecule has 0 aromatic carbocycles. The lowest BCUT2D eigenvalue weighted by Crippen LogP contribution is -2.22. The Morgan fingerprint density at radius 2 is 2.16 bits per heavy atom. The fourth-order valence-electron chi connectivity index (χ4n) is 3.03. The van der Waals surface area contributed by atoms with Gasteiger partial charge in [-0.2, -0.15) is 0 Å². The zero-order valence-corrected chi connectivity index (χ0v) is 13.0. The normalized spacial score (nSPS) is 21.4. The van der Waals surface area contributed by atoms with Crippen LogP contribution in [0, 0.1) is 19.3 Å². The standard InChI is InChI=1S/C15H23N3S/c1-9-7-12(13(14(16)19)10(2)17-9)18-11-5-6-15(3,4)8-11/h7,11H,5-6,8H2,1-4H3,(H2,16,19)(H,17,18). The van der Waals surface area contributed by atoms with Crippen molar-refractivity contribution in [1.82, 2.24) is 4.98 Å². The summed E-state index contributed by atoms with van der Waals surface area (Å²) in [5.74, 6) is 0. The third-order valence-corrected chi connectivity index (χ3v) is 4.11. The SMILES string of the molecule is Cc1cc(NC2CCC(C)(C)C2)c(C(N)=S)c(C)n1. The first-order valence-corrected chi connectivity index (χ1v) is 7.24. The lowest BCUT2D eigenvalue weighted by atomic mass is 9.92. The maximum atomic E-state index is 5.84. The van der Waals surface area contributed by atoms with Crippen LogP contribution < -0.4 is 11.1 Å². The van der Waals surface area contributed by atoms with Gasteiger partial charge in [0.25, 0.3) is 0 Å². The van der Waals surface area contributed by atoms with E-state index in [0.29, 0.717) is 16.4 Å². The van der Waals surface area contributed by atoms with Crippen molar-refractivity contribution >= 4 is 22.9 Å². The predicted octanol–water partition coefficient (Wildman–Crippen LogP) is 3.32. The monoisotopic (exact) mass is 277 g/mol. The number of thiocarbonyl (C=S) groups is 1. The second-order valence-corrected chi connectivity index (χ2v) is 6.82. The average molecular weight is 277 g/mol. The van der Waals surface area contributed by atoms with Crippen molar-refractivity contribution in [2.45, 2.75) is 53.0 Å². The van der Waals surface area contributed by atoms with Crippen molar-refractivity contribution in [3.63, 3.8) is 0 Å². The van der Waals surface area contributed by atoms with Gasteiger partial charge in [-0.25, -0.2) is 0 Å². The van der Waals surface area contributed by atoms with E-state index in [9.17, 15) is 0 Å². The predicted molar refractivity (Wildman–Crippen MR) is 84.6 cm³/mol. The largest absolute Gasteiger partial charge is 0.389 e. The molecule has 1 saturated carbocycles. The highest BCUT2D eigenvalue weighted by Gasteiger charge is 2.31. The fourth-order valence-corrected chi connectivity index (χ4v) is 3.29. The van der Waals surface area contributed by atoms with Crippen molar-refractivity contribution in [3.05, 3.63) is 23.0 Å². The molecule has 1 fully saturated rings. The molecular formula is C15H23N3S. The number of nitrogens with two attached hydrogens (primary N) is 1. The topological polar surface area (TPSA) is 50.9 Å². The Bertz CT molecular complexity index is 508. The van der Waals surface area contributed by atoms with E-state index in [1.54, 1.807) is 0 Å². The Balaban J connectivity index is 2.27. The zero-order valence-electron chi connectivity index (χ0n) is 12.2. The molecule has 0 aliphatic heterocycles. The summed E-state index contributed by atoms with van der Waals surface area (Å²) in [7, 11) is 0. The Labute approximate surface area is 121 Å². The Morgan fingerprint density at radius 1 is 1.47 bits per heavy atom. The molecule has 0 saturated heterocycles. The molecule has 0 amide bonds. The first-order chi connectivity index (χ1) is 8.78. The highest BCUT2D eigenvalue weighted by Crippen LogP contribution is 2.38. The third-order valence-electron chi connectivity index (χ3n) is 3.90. The minimum Gasteiger partial charge on any atom is -0.389 e. The third kappa shape index (κ3) is 3.24. The maximum Gasteiger partial charge on any atom is 0.107 e. The molecule has 3 nitrogen and oxygen atoms in total. The van der Waals surface area contributed by atoms with Crippen molar-refractivity contribution in [2.75, 3.05) is 5.32 Å². The van der Waals surface area contributed by atoms with Crippen LogP contribution in [0.2, 0.25) is 0 Å². The van der Waals surface area contributed by atoms with Crippen LogP contribution in [0.15, 0.2) is 6.07 Å². The van der Waals surface area contributed by atoms with Gasteiger partial charge in [0.05, 0.1) is 5.56 Å². The first kappa shape index (κ1) is 14.3. The zero-order chi connectivity index (χ0) is 14.2. The van der Waals surface area contributed by atoms with Gasteiger partial charge in [0.2, 0.25) is 0 Å². The van der Waals surface area contributed by atoms with Gasteiger partial charge in [-0.3, -0.25) is 4.98 Å². The maximum absolute atomic E-state index is 5.84. The second-order valence-electron chi connectivity index (χ2n) is 6.38. The Hall–Kier alpha value is -1.16. The van der Waals surface area contributed by atoms with Crippen LogP contribution >= 0.6 is 12.2 Å². The van der Waals surface area contributed by atoms with Crippen LogP contribution in [0.3, 0.4) is 0 Å². The van der Waals surface area contributed by atoms with Gasteiger partial charge in [0.1, 0.15) is 4.99 Å². The van der Waals surface area contributed by atoms with Gasteiger partial charge in [0, 0.05) is 23.1 Å². The summed E-state index contributed by atoms with van der Waals surface area (Å²) in [5.41, 5.74) is 10.1. The summed E-state index contributed by atoms with van der Waals surface area (Å²) >= 11 is 5.16. The van der Waals surface area contributed by atoms with Gasteiger partial charge in [-0.15, -0.1) is 0 Å². The molecule has 19 heavy (non-hydrogen) atoms. The molecule has 2 rings (SSSR count). The molecule has 1 unspecified atom stereocenters. The molecule has 1 aromatic rings. The highest BCUT2D eigenvalue weighted by atomic mass is 32.1. The van der Waals surface area contributed by atoms with Gasteiger partial charge >= 0.3 is 0 Å². The van der Waals surface area contributed by atoms with Crippen LogP contribution in [0.25, 0.3) is 0 Å². The number of nitrogens with zero attached hydrogens (tertiary/aromatic N) is 1. The summed E-state index contributed by atoms with van der Waals surface area (Å²) in [4.78, 5) is 4.87. The molecule has 3 N–H and O–H groups in total. The van der Waals surface area contributed by atoms with Crippen molar-refractivity contribution in [2.24, 2.45) is 11.1 Å². The molecule has 1 aromatic heterocycles. The van der Waals surface area contributed by atoms with Crippen LogP contribution in [0.4, 0.5) is 5.69 Å². The van der Waals surface area contributed by atoms with Crippen LogP contribution in [0.1, 0.15) is 50.1 Å². The molecule has 0 spiro atoms.